The Labute approximate surface area is 114 Å². The fourth-order valence-electron chi connectivity index (χ4n) is 2.26. The van der Waals surface area contributed by atoms with Crippen LogP contribution in [0.25, 0.3) is 0 Å². The van der Waals surface area contributed by atoms with E-state index in [1.54, 1.807) is 0 Å². The third kappa shape index (κ3) is 3.32. The highest BCUT2D eigenvalue weighted by Crippen LogP contribution is 2.26. The zero-order valence-electron chi connectivity index (χ0n) is 10.2. The number of nitrogens with zero attached hydrogens (tertiary/aromatic N) is 1. The molecule has 1 aliphatic rings. The summed E-state index contributed by atoms with van der Waals surface area (Å²) in [6.07, 6.45) is 8.03. The summed E-state index contributed by atoms with van der Waals surface area (Å²) < 4.78 is 5.93. The normalized spacial score (nSPS) is 19.2. The lowest BCUT2D eigenvalue weighted by atomic mass is 9.93. The van der Waals surface area contributed by atoms with Gasteiger partial charge < -0.3 is 15.5 Å². The molecule has 6 heteroatoms. The molecule has 1 aromatic rings. The molecule has 0 amide bonds. The summed E-state index contributed by atoms with van der Waals surface area (Å²) in [6.45, 7) is 0.405. The van der Waals surface area contributed by atoms with Crippen LogP contribution < -0.4 is 16.0 Å². The highest BCUT2D eigenvalue weighted by Gasteiger charge is 2.27. The highest BCUT2D eigenvalue weighted by molar-refractivity contribution is 9.10. The minimum Gasteiger partial charge on any atom is -0.475 e. The summed E-state index contributed by atoms with van der Waals surface area (Å²) in [6, 6.07) is 0. The number of H-pyrrole nitrogens is 1. The molecule has 2 rings (SSSR count). The Morgan fingerprint density at radius 2 is 2.06 bits per heavy atom. The van der Waals surface area contributed by atoms with Crippen molar-refractivity contribution in [3.05, 3.63) is 21.2 Å². The molecule has 1 fully saturated rings. The third-order valence-electron chi connectivity index (χ3n) is 3.36. The molecule has 0 unspecified atom stereocenters. The number of hydrogen-bond acceptors (Lipinski definition) is 4. The van der Waals surface area contributed by atoms with Crippen LogP contribution >= 0.6 is 15.9 Å². The van der Waals surface area contributed by atoms with Gasteiger partial charge in [0, 0.05) is 0 Å². The summed E-state index contributed by atoms with van der Waals surface area (Å²) in [5, 5.41) is 0. The van der Waals surface area contributed by atoms with Crippen LogP contribution in [0.5, 0.6) is 5.88 Å². The maximum atomic E-state index is 11.4. The minimum atomic E-state index is -0.291. The topological polar surface area (TPSA) is 81.0 Å². The van der Waals surface area contributed by atoms with Gasteiger partial charge in [-0.3, -0.25) is 4.79 Å². The summed E-state index contributed by atoms with van der Waals surface area (Å²) in [7, 11) is 0. The first-order valence-corrected chi connectivity index (χ1v) is 7.05. The molecule has 3 N–H and O–H groups in total. The highest BCUT2D eigenvalue weighted by atomic mass is 79.9. The Kier molecular flexibility index (Phi) is 4.40. The van der Waals surface area contributed by atoms with E-state index < -0.39 is 0 Å². The van der Waals surface area contributed by atoms with Gasteiger partial charge in [-0.05, 0) is 28.8 Å². The van der Waals surface area contributed by atoms with Crippen molar-refractivity contribution in [1.82, 2.24) is 9.97 Å². The Morgan fingerprint density at radius 1 is 1.39 bits per heavy atom. The van der Waals surface area contributed by atoms with Gasteiger partial charge in [0.05, 0.1) is 11.9 Å². The largest absolute Gasteiger partial charge is 0.475 e. The first-order valence-electron chi connectivity index (χ1n) is 6.26. The molecule has 0 atom stereocenters. The average Bonchev–Trinajstić information content (AvgIpc) is 2.57. The molecule has 1 saturated carbocycles. The molecular formula is C12H18BrN3O2. The number of nitrogens with two attached hydrogens (primary N) is 1. The molecule has 0 radical (unpaired) electrons. The second-order valence-corrected chi connectivity index (χ2v) is 5.71. The van der Waals surface area contributed by atoms with E-state index in [1.807, 2.05) is 0 Å². The van der Waals surface area contributed by atoms with Crippen molar-refractivity contribution < 1.29 is 4.74 Å². The van der Waals surface area contributed by atoms with Crippen LogP contribution in [-0.2, 0) is 0 Å². The average molecular weight is 316 g/mol. The Balaban J connectivity index is 2.02. The molecule has 0 aromatic carbocycles. The van der Waals surface area contributed by atoms with Crippen LogP contribution in [0.2, 0.25) is 0 Å². The predicted octanol–water partition coefficient (Wildman–Crippen LogP) is 1.96. The van der Waals surface area contributed by atoms with Crippen LogP contribution in [0, 0.1) is 0 Å². The molecular weight excluding hydrogens is 298 g/mol. The maximum Gasteiger partial charge on any atom is 0.268 e. The van der Waals surface area contributed by atoms with Crippen LogP contribution in [-0.4, -0.2) is 22.1 Å². The fraction of sp³-hybridized carbons (Fsp3) is 0.667. The van der Waals surface area contributed by atoms with Crippen LogP contribution in [0.1, 0.15) is 38.5 Å². The zero-order valence-corrected chi connectivity index (χ0v) is 11.8. The summed E-state index contributed by atoms with van der Waals surface area (Å²) in [5.74, 6) is 0.313. The number of nitrogens with one attached hydrogen (secondary N) is 1. The van der Waals surface area contributed by atoms with Crippen molar-refractivity contribution in [2.24, 2.45) is 5.73 Å². The lowest BCUT2D eigenvalue weighted by molar-refractivity contribution is 0.192. The van der Waals surface area contributed by atoms with Crippen LogP contribution in [0.4, 0.5) is 0 Å². The van der Waals surface area contributed by atoms with Crippen LogP contribution in [0.3, 0.4) is 0 Å². The SMILES string of the molecule is NC1(COc2nc[nH]c(=O)c2Br)CCCCCC1. The third-order valence-corrected chi connectivity index (χ3v) is 4.06. The van der Waals surface area contributed by atoms with Gasteiger partial charge in [-0.2, -0.15) is 0 Å². The van der Waals surface area contributed by atoms with E-state index in [1.165, 1.54) is 19.2 Å². The molecule has 18 heavy (non-hydrogen) atoms. The van der Waals surface area contributed by atoms with Gasteiger partial charge in [0.1, 0.15) is 11.1 Å². The van der Waals surface area contributed by atoms with E-state index in [-0.39, 0.29) is 11.1 Å². The number of aromatic amines is 1. The fourth-order valence-corrected chi connectivity index (χ4v) is 2.59. The van der Waals surface area contributed by atoms with Crippen molar-refractivity contribution in [2.45, 2.75) is 44.1 Å². The monoisotopic (exact) mass is 315 g/mol. The molecule has 1 aliphatic carbocycles. The van der Waals surface area contributed by atoms with Gasteiger partial charge in [0.25, 0.3) is 5.56 Å². The lowest BCUT2D eigenvalue weighted by Crippen LogP contribution is -2.45. The van der Waals surface area contributed by atoms with Crippen molar-refractivity contribution >= 4 is 15.9 Å². The van der Waals surface area contributed by atoms with Gasteiger partial charge in [-0.15, -0.1) is 0 Å². The number of halogens is 1. The molecule has 0 aliphatic heterocycles. The number of ether oxygens (including phenoxy) is 1. The molecule has 0 spiro atoms. The minimum absolute atomic E-state index is 0.244. The van der Waals surface area contributed by atoms with Gasteiger partial charge in [-0.25, -0.2) is 4.98 Å². The van der Waals surface area contributed by atoms with E-state index in [9.17, 15) is 4.79 Å². The van der Waals surface area contributed by atoms with Crippen molar-refractivity contribution in [2.75, 3.05) is 6.61 Å². The second-order valence-electron chi connectivity index (χ2n) is 4.92. The van der Waals surface area contributed by atoms with E-state index in [2.05, 4.69) is 25.9 Å². The molecule has 1 heterocycles. The summed E-state index contributed by atoms with van der Waals surface area (Å²) >= 11 is 3.17. The first-order chi connectivity index (χ1) is 8.61. The molecule has 0 bridgehead atoms. The Hall–Kier alpha value is -0.880. The number of aromatic nitrogens is 2. The standard InChI is InChI=1S/C12H18BrN3O2/c13-9-10(17)15-8-16-11(9)18-7-12(14)5-3-1-2-4-6-12/h8H,1-7,14H2,(H,15,16,17). The first kappa shape index (κ1) is 13.5. The second kappa shape index (κ2) is 5.84. The van der Waals surface area contributed by atoms with E-state index in [0.29, 0.717) is 17.0 Å². The molecule has 100 valence electrons. The summed E-state index contributed by atoms with van der Waals surface area (Å²) in [5.41, 5.74) is 5.81. The molecule has 0 saturated heterocycles. The van der Waals surface area contributed by atoms with Crippen LogP contribution in [0.15, 0.2) is 15.6 Å². The predicted molar refractivity (Wildman–Crippen MR) is 72.7 cm³/mol. The number of hydrogen-bond donors (Lipinski definition) is 2. The number of rotatable bonds is 3. The summed E-state index contributed by atoms with van der Waals surface area (Å²) in [4.78, 5) is 17.8. The lowest BCUT2D eigenvalue weighted by Gasteiger charge is -2.27. The van der Waals surface area contributed by atoms with Gasteiger partial charge in [-0.1, -0.05) is 25.7 Å². The Bertz CT molecular complexity index is 453. The van der Waals surface area contributed by atoms with E-state index in [4.69, 9.17) is 10.5 Å². The Morgan fingerprint density at radius 3 is 2.72 bits per heavy atom. The van der Waals surface area contributed by atoms with Crippen molar-refractivity contribution in [3.8, 4) is 5.88 Å². The smallest absolute Gasteiger partial charge is 0.268 e. The van der Waals surface area contributed by atoms with E-state index in [0.717, 1.165) is 25.7 Å². The van der Waals surface area contributed by atoms with E-state index >= 15 is 0 Å². The van der Waals surface area contributed by atoms with Gasteiger partial charge >= 0.3 is 0 Å². The van der Waals surface area contributed by atoms with Gasteiger partial charge in [0.2, 0.25) is 5.88 Å². The van der Waals surface area contributed by atoms with Crippen molar-refractivity contribution in [3.63, 3.8) is 0 Å². The van der Waals surface area contributed by atoms with Gasteiger partial charge in [0.15, 0.2) is 0 Å². The zero-order chi connectivity index (χ0) is 13.0. The molecule has 5 nitrogen and oxygen atoms in total. The van der Waals surface area contributed by atoms with Crippen molar-refractivity contribution in [1.29, 1.82) is 0 Å². The molecule has 1 aromatic heterocycles. The quantitative estimate of drug-likeness (QED) is 0.835. The maximum absolute atomic E-state index is 11.4.